The van der Waals surface area contributed by atoms with Crippen molar-refractivity contribution in [3.05, 3.63) is 68.9 Å². The van der Waals surface area contributed by atoms with Gasteiger partial charge in [0.25, 0.3) is 11.5 Å². The molecule has 0 bridgehead atoms. The number of carbonyl (C=O) groups is 1. The van der Waals surface area contributed by atoms with Crippen LogP contribution in [0.15, 0.2) is 52.1 Å². The van der Waals surface area contributed by atoms with Crippen molar-refractivity contribution in [3.63, 3.8) is 0 Å². The Morgan fingerprint density at radius 2 is 2.09 bits per heavy atom. The first-order valence-corrected chi connectivity index (χ1v) is 10.6. The van der Waals surface area contributed by atoms with Gasteiger partial charge < -0.3 is 20.9 Å². The van der Waals surface area contributed by atoms with Crippen LogP contribution in [-0.4, -0.2) is 46.9 Å². The van der Waals surface area contributed by atoms with Gasteiger partial charge in [0.2, 0.25) is 5.82 Å². The molecule has 0 saturated heterocycles. The summed E-state index contributed by atoms with van der Waals surface area (Å²) in [6.07, 6.45) is -0.0647. The minimum absolute atomic E-state index is 0.109. The maximum atomic E-state index is 13.0. The average molecular weight is 476 g/mol. The molecule has 1 amide bonds. The molecular formula is C22H20N8O5. The predicted molar refractivity (Wildman–Crippen MR) is 124 cm³/mol. The predicted octanol–water partition coefficient (Wildman–Crippen LogP) is 0.336. The number of tetrazole rings is 1. The van der Waals surface area contributed by atoms with Crippen molar-refractivity contribution in [1.82, 2.24) is 29.8 Å². The van der Waals surface area contributed by atoms with Crippen molar-refractivity contribution in [2.75, 3.05) is 11.1 Å². The van der Waals surface area contributed by atoms with Crippen LogP contribution in [0.2, 0.25) is 0 Å². The van der Waals surface area contributed by atoms with Crippen molar-refractivity contribution in [2.45, 2.75) is 18.9 Å². The van der Waals surface area contributed by atoms with E-state index in [1.54, 1.807) is 36.4 Å². The summed E-state index contributed by atoms with van der Waals surface area (Å²) in [6.45, 7) is 0. The first-order chi connectivity index (χ1) is 16.8. The van der Waals surface area contributed by atoms with Gasteiger partial charge in [-0.15, -0.1) is 10.2 Å². The number of aromatic hydroxyl groups is 1. The molecular weight excluding hydrogens is 456 g/mol. The minimum atomic E-state index is -0.891. The first-order valence-electron chi connectivity index (χ1n) is 10.6. The van der Waals surface area contributed by atoms with E-state index in [1.807, 2.05) is 0 Å². The molecule has 13 heteroatoms. The Morgan fingerprint density at radius 1 is 1.26 bits per heavy atom. The van der Waals surface area contributed by atoms with Crippen LogP contribution in [0, 0.1) is 0 Å². The highest BCUT2D eigenvalue weighted by Crippen LogP contribution is 2.31. The van der Waals surface area contributed by atoms with Gasteiger partial charge in [-0.2, -0.15) is 5.21 Å². The number of nitrogens with two attached hydrogens (primary N) is 1. The zero-order valence-corrected chi connectivity index (χ0v) is 18.4. The van der Waals surface area contributed by atoms with Gasteiger partial charge in [0.15, 0.2) is 6.10 Å². The molecule has 0 spiro atoms. The molecule has 1 aliphatic heterocycles. The Balaban J connectivity index is 1.50. The summed E-state index contributed by atoms with van der Waals surface area (Å²) >= 11 is 0. The van der Waals surface area contributed by atoms with Crippen LogP contribution in [0.3, 0.4) is 0 Å². The fourth-order valence-electron chi connectivity index (χ4n) is 3.93. The highest BCUT2D eigenvalue weighted by molar-refractivity contribution is 5.96. The topological polar surface area (TPSA) is 183 Å². The lowest BCUT2D eigenvalue weighted by Gasteiger charge is -2.25. The third-order valence-electron chi connectivity index (χ3n) is 5.73. The van der Waals surface area contributed by atoms with Crippen LogP contribution in [0.25, 0.3) is 17.1 Å². The van der Waals surface area contributed by atoms with E-state index >= 15 is 0 Å². The van der Waals surface area contributed by atoms with E-state index in [4.69, 9.17) is 10.5 Å². The number of fused-ring (bicyclic) bond motifs is 1. The van der Waals surface area contributed by atoms with Gasteiger partial charge in [-0.1, -0.05) is 12.1 Å². The number of rotatable bonds is 4. The second-order valence-electron chi connectivity index (χ2n) is 7.95. The number of phenols is 1. The molecule has 1 unspecified atom stereocenters. The molecule has 35 heavy (non-hydrogen) atoms. The van der Waals surface area contributed by atoms with Gasteiger partial charge in [0, 0.05) is 12.6 Å². The van der Waals surface area contributed by atoms with E-state index in [0.29, 0.717) is 35.7 Å². The summed E-state index contributed by atoms with van der Waals surface area (Å²) in [6, 6.07) is 11.2. The molecule has 0 fully saturated rings. The lowest BCUT2D eigenvalue weighted by molar-refractivity contribution is -0.123. The van der Waals surface area contributed by atoms with Crippen LogP contribution in [-0.2, 0) is 18.3 Å². The Labute approximate surface area is 196 Å². The average Bonchev–Trinajstić information content (AvgIpc) is 3.40. The van der Waals surface area contributed by atoms with Gasteiger partial charge in [0.1, 0.15) is 23.0 Å². The van der Waals surface area contributed by atoms with Crippen LogP contribution in [0.5, 0.6) is 11.5 Å². The molecule has 4 aromatic rings. The number of hydrogen-bond donors (Lipinski definition) is 4. The van der Waals surface area contributed by atoms with Crippen LogP contribution < -0.4 is 27.0 Å². The molecule has 0 aliphatic carbocycles. The molecule has 3 heterocycles. The zero-order valence-electron chi connectivity index (χ0n) is 18.4. The Bertz CT molecular complexity index is 1560. The molecule has 1 aliphatic rings. The maximum absolute atomic E-state index is 13.0. The van der Waals surface area contributed by atoms with Gasteiger partial charge in [-0.3, -0.25) is 14.2 Å². The van der Waals surface area contributed by atoms with E-state index in [-0.39, 0.29) is 17.3 Å². The summed E-state index contributed by atoms with van der Waals surface area (Å²) < 4.78 is 7.73. The molecule has 13 nitrogen and oxygen atoms in total. The maximum Gasteiger partial charge on any atom is 0.337 e. The van der Waals surface area contributed by atoms with E-state index in [9.17, 15) is 19.5 Å². The van der Waals surface area contributed by atoms with E-state index in [2.05, 4.69) is 25.9 Å². The number of ether oxygens (including phenoxy) is 1. The van der Waals surface area contributed by atoms with E-state index in [1.165, 1.54) is 13.1 Å². The van der Waals surface area contributed by atoms with Crippen LogP contribution in [0.1, 0.15) is 12.0 Å². The normalized spacial score (nSPS) is 14.7. The molecule has 0 radical (unpaired) electrons. The van der Waals surface area contributed by atoms with Crippen LogP contribution >= 0.6 is 0 Å². The Morgan fingerprint density at radius 3 is 2.86 bits per heavy atom. The molecule has 178 valence electrons. The monoisotopic (exact) mass is 476 g/mol. The van der Waals surface area contributed by atoms with Gasteiger partial charge in [-0.25, -0.2) is 9.36 Å². The van der Waals surface area contributed by atoms with Crippen molar-refractivity contribution >= 4 is 17.4 Å². The smallest absolute Gasteiger partial charge is 0.337 e. The number of hydrogen-bond acceptors (Lipinski definition) is 9. The number of carbonyl (C=O) groups excluding carboxylic acids is 1. The van der Waals surface area contributed by atoms with Crippen molar-refractivity contribution in [3.8, 4) is 28.6 Å². The molecule has 5 rings (SSSR count). The highest BCUT2D eigenvalue weighted by atomic mass is 16.5. The van der Waals surface area contributed by atoms with Gasteiger partial charge >= 0.3 is 5.69 Å². The number of aryl methyl sites for hydroxylation is 1. The van der Waals surface area contributed by atoms with Gasteiger partial charge in [-0.05, 0) is 54.0 Å². The number of H-pyrrole nitrogens is 1. The largest absolute Gasteiger partial charge is 0.508 e. The SMILES string of the molecule is Cn1c(=O)c(NC(=O)C2CCc3cc(O)ccc3O2)c(N)n(-c2cccc(-c3nn[nH]n3)c2)c1=O. The summed E-state index contributed by atoms with van der Waals surface area (Å²) in [5, 5.41) is 25.9. The summed E-state index contributed by atoms with van der Waals surface area (Å²) in [7, 11) is 1.29. The minimum Gasteiger partial charge on any atom is -0.508 e. The third-order valence-corrected chi connectivity index (χ3v) is 5.73. The first kappa shape index (κ1) is 21.9. The van der Waals surface area contributed by atoms with Gasteiger partial charge in [0.05, 0.1) is 5.69 Å². The molecule has 2 aromatic heterocycles. The number of benzene rings is 2. The quantitative estimate of drug-likeness (QED) is 0.322. The number of aromatic amines is 1. The summed E-state index contributed by atoms with van der Waals surface area (Å²) in [5.74, 6) is 0.0616. The number of amides is 1. The lowest BCUT2D eigenvalue weighted by Crippen LogP contribution is -2.43. The molecule has 0 saturated carbocycles. The number of nitrogens with zero attached hydrogens (tertiary/aromatic N) is 5. The van der Waals surface area contributed by atoms with Crippen molar-refractivity contribution < 1.29 is 14.6 Å². The molecule has 2 aromatic carbocycles. The number of nitrogen functional groups attached to an aromatic ring is 1. The zero-order chi connectivity index (χ0) is 24.7. The number of aromatic nitrogens is 6. The standard InChI is InChI=1S/C22H20N8O5/c1-29-21(33)17(24-20(32)16-7-5-11-10-14(31)6-8-15(11)35-16)18(23)30(22(29)34)13-4-2-3-12(9-13)19-25-27-28-26-19/h2-4,6,8-10,16,31H,5,7,23H2,1H3,(H,24,32)(H,25,26,27,28). The van der Waals surface area contributed by atoms with Crippen molar-refractivity contribution in [2.24, 2.45) is 7.05 Å². The molecule has 5 N–H and O–H groups in total. The van der Waals surface area contributed by atoms with E-state index < -0.39 is 23.3 Å². The van der Waals surface area contributed by atoms with E-state index in [0.717, 1.165) is 14.7 Å². The third kappa shape index (κ3) is 3.88. The summed E-state index contributed by atoms with van der Waals surface area (Å²) in [5.41, 5.74) is 6.21. The second-order valence-corrected chi connectivity index (χ2v) is 7.95. The fraction of sp³-hybridized carbons (Fsp3) is 0.182. The molecule has 1 atom stereocenters. The second kappa shape index (κ2) is 8.44. The summed E-state index contributed by atoms with van der Waals surface area (Å²) in [4.78, 5) is 38.8. The highest BCUT2D eigenvalue weighted by Gasteiger charge is 2.28. The number of phenolic OH excluding ortho intramolecular Hbond substituents is 1. The van der Waals surface area contributed by atoms with Crippen molar-refractivity contribution in [1.29, 1.82) is 0 Å². The van der Waals surface area contributed by atoms with Crippen LogP contribution in [0.4, 0.5) is 11.5 Å². The Kier molecular flexibility index (Phi) is 5.28. The number of anilines is 2. The Hall–Kier alpha value is -4.94. The lowest BCUT2D eigenvalue weighted by atomic mass is 10.0. The fourth-order valence-corrected chi connectivity index (χ4v) is 3.93. The number of nitrogens with one attached hydrogen (secondary N) is 2.